The van der Waals surface area contributed by atoms with Crippen LogP contribution in [0.4, 0.5) is 5.69 Å². The van der Waals surface area contributed by atoms with E-state index in [9.17, 15) is 4.79 Å². The smallest absolute Gasteiger partial charge is 0.257 e. The average Bonchev–Trinajstić information content (AvgIpc) is 2.42. The van der Waals surface area contributed by atoms with Crippen LogP contribution in [0, 0.1) is 6.92 Å². The number of carbonyl (C=O) groups excluding carboxylic acids is 1. The molecule has 1 N–H and O–H groups in total. The number of rotatable bonds is 7. The van der Waals surface area contributed by atoms with Crippen LogP contribution in [0.2, 0.25) is 0 Å². The van der Waals surface area contributed by atoms with Crippen LogP contribution in [-0.4, -0.2) is 61.5 Å². The molecule has 0 fully saturated rings. The molecule has 0 unspecified atom stereocenters. The topological polar surface area (TPSA) is 48.5 Å². The molecule has 0 saturated heterocycles. The van der Waals surface area contributed by atoms with Gasteiger partial charge in [-0.25, -0.2) is 0 Å². The second-order valence-electron chi connectivity index (χ2n) is 5.22. The minimum absolute atomic E-state index is 0.0468. The highest BCUT2D eigenvalue weighted by atomic mass is 16.2. The van der Waals surface area contributed by atoms with Crippen LogP contribution in [0.1, 0.15) is 29.4 Å². The Morgan fingerprint density at radius 1 is 1.30 bits per heavy atom. The molecule has 0 aliphatic carbocycles. The molecule has 0 atom stereocenters. The molecule has 1 aromatic rings. The van der Waals surface area contributed by atoms with E-state index in [1.54, 1.807) is 6.20 Å². The lowest BCUT2D eigenvalue weighted by atomic mass is 10.1. The van der Waals surface area contributed by atoms with Crippen LogP contribution in [0.25, 0.3) is 0 Å². The zero-order valence-electron chi connectivity index (χ0n) is 13.2. The minimum Gasteiger partial charge on any atom is -0.387 e. The molecule has 0 bridgehead atoms. The number of anilines is 1. The molecular weight excluding hydrogens is 252 g/mol. The molecule has 0 aliphatic heterocycles. The minimum atomic E-state index is 0.0468. The summed E-state index contributed by atoms with van der Waals surface area (Å²) in [6, 6.07) is 1.91. The third-order valence-electron chi connectivity index (χ3n) is 3.14. The molecule has 1 aromatic heterocycles. The highest BCUT2D eigenvalue weighted by Crippen LogP contribution is 2.17. The third-order valence-corrected chi connectivity index (χ3v) is 3.14. The van der Waals surface area contributed by atoms with E-state index in [1.807, 2.05) is 39.0 Å². The molecule has 112 valence electrons. The van der Waals surface area contributed by atoms with Crippen molar-refractivity contribution >= 4 is 11.6 Å². The first-order valence-electron chi connectivity index (χ1n) is 7.08. The van der Waals surface area contributed by atoms with Gasteiger partial charge in [0.05, 0.1) is 11.3 Å². The number of nitrogens with zero attached hydrogens (tertiary/aromatic N) is 3. The number of amides is 1. The normalized spacial score (nSPS) is 10.7. The molecule has 5 heteroatoms. The molecule has 0 aromatic carbocycles. The lowest BCUT2D eigenvalue weighted by Gasteiger charge is -2.25. The summed E-state index contributed by atoms with van der Waals surface area (Å²) in [5, 5.41) is 3.08. The van der Waals surface area contributed by atoms with Crippen molar-refractivity contribution in [2.45, 2.75) is 20.3 Å². The number of aryl methyl sites for hydroxylation is 1. The molecule has 0 radical (unpaired) electrons. The Balaban J connectivity index is 2.93. The Hall–Kier alpha value is -1.62. The van der Waals surface area contributed by atoms with Crippen molar-refractivity contribution in [3.8, 4) is 0 Å². The van der Waals surface area contributed by atoms with Gasteiger partial charge in [-0.1, -0.05) is 6.92 Å². The monoisotopic (exact) mass is 278 g/mol. The largest absolute Gasteiger partial charge is 0.387 e. The van der Waals surface area contributed by atoms with E-state index in [0.29, 0.717) is 5.56 Å². The van der Waals surface area contributed by atoms with Crippen molar-refractivity contribution in [3.63, 3.8) is 0 Å². The maximum atomic E-state index is 12.7. The first-order valence-corrected chi connectivity index (χ1v) is 7.08. The second kappa shape index (κ2) is 7.85. The van der Waals surface area contributed by atoms with E-state index in [-0.39, 0.29) is 5.91 Å². The first kappa shape index (κ1) is 16.4. The fraction of sp³-hybridized carbons (Fsp3) is 0.600. The Morgan fingerprint density at radius 2 is 2.00 bits per heavy atom. The number of hydrogen-bond donors (Lipinski definition) is 1. The van der Waals surface area contributed by atoms with Gasteiger partial charge in [0.1, 0.15) is 0 Å². The van der Waals surface area contributed by atoms with E-state index in [1.165, 1.54) is 0 Å². The van der Waals surface area contributed by atoms with Gasteiger partial charge in [0.25, 0.3) is 5.91 Å². The zero-order valence-corrected chi connectivity index (χ0v) is 13.2. The molecule has 0 spiro atoms. The van der Waals surface area contributed by atoms with Crippen molar-refractivity contribution in [1.82, 2.24) is 14.8 Å². The predicted molar refractivity (Wildman–Crippen MR) is 83.3 cm³/mol. The summed E-state index contributed by atoms with van der Waals surface area (Å²) in [4.78, 5) is 20.9. The van der Waals surface area contributed by atoms with Gasteiger partial charge >= 0.3 is 0 Å². The van der Waals surface area contributed by atoms with Crippen LogP contribution in [0.3, 0.4) is 0 Å². The van der Waals surface area contributed by atoms with Gasteiger partial charge < -0.3 is 15.1 Å². The summed E-state index contributed by atoms with van der Waals surface area (Å²) in [5.41, 5.74) is 2.39. The molecule has 1 heterocycles. The van der Waals surface area contributed by atoms with Gasteiger partial charge in [-0.3, -0.25) is 9.78 Å². The van der Waals surface area contributed by atoms with Crippen molar-refractivity contribution in [2.24, 2.45) is 0 Å². The molecule has 5 nitrogen and oxygen atoms in total. The van der Waals surface area contributed by atoms with Crippen molar-refractivity contribution in [3.05, 3.63) is 23.5 Å². The van der Waals surface area contributed by atoms with Crippen molar-refractivity contribution < 1.29 is 4.79 Å². The Bertz CT molecular complexity index is 445. The van der Waals surface area contributed by atoms with Crippen LogP contribution in [0.5, 0.6) is 0 Å². The Morgan fingerprint density at radius 3 is 2.55 bits per heavy atom. The first-order chi connectivity index (χ1) is 9.49. The third kappa shape index (κ3) is 4.49. The Kier molecular flexibility index (Phi) is 6.45. The Labute approximate surface area is 122 Å². The van der Waals surface area contributed by atoms with Crippen molar-refractivity contribution in [2.75, 3.05) is 46.1 Å². The lowest BCUT2D eigenvalue weighted by molar-refractivity contribution is 0.0745. The zero-order chi connectivity index (χ0) is 15.1. The lowest BCUT2D eigenvalue weighted by Crippen LogP contribution is -2.37. The van der Waals surface area contributed by atoms with E-state index in [2.05, 4.69) is 22.1 Å². The van der Waals surface area contributed by atoms with Gasteiger partial charge in [0.15, 0.2) is 0 Å². The van der Waals surface area contributed by atoms with Gasteiger partial charge in [-0.2, -0.15) is 0 Å². The molecule has 0 aliphatic rings. The number of carbonyl (C=O) groups is 1. The second-order valence-corrected chi connectivity index (χ2v) is 5.22. The highest BCUT2D eigenvalue weighted by Gasteiger charge is 2.18. The van der Waals surface area contributed by atoms with Gasteiger partial charge in [-0.05, 0) is 33.5 Å². The SMILES string of the molecule is CCCN(CCN(C)C)C(=O)c1cnc(C)cc1NC. The number of aromatic nitrogens is 1. The number of hydrogen-bond acceptors (Lipinski definition) is 4. The molecular formula is C15H26N4O. The van der Waals surface area contributed by atoms with E-state index >= 15 is 0 Å². The maximum Gasteiger partial charge on any atom is 0.257 e. The summed E-state index contributed by atoms with van der Waals surface area (Å²) in [5.74, 6) is 0.0468. The van der Waals surface area contributed by atoms with Gasteiger partial charge in [0, 0.05) is 38.6 Å². The van der Waals surface area contributed by atoms with E-state index < -0.39 is 0 Å². The highest BCUT2D eigenvalue weighted by molar-refractivity contribution is 5.99. The predicted octanol–water partition coefficient (Wildman–Crippen LogP) is 1.85. The molecule has 1 amide bonds. The maximum absolute atomic E-state index is 12.7. The van der Waals surface area contributed by atoms with Crippen LogP contribution in [0.15, 0.2) is 12.3 Å². The average molecular weight is 278 g/mol. The number of pyridine rings is 1. The standard InChI is InChI=1S/C15H26N4O/c1-6-7-19(9-8-18(4)5)15(20)13-11-17-12(2)10-14(13)16-3/h10-11H,6-9H2,1-5H3,(H,16,17). The molecule has 0 saturated carbocycles. The number of likely N-dealkylation sites (N-methyl/N-ethyl adjacent to an activating group) is 1. The van der Waals surface area contributed by atoms with Crippen LogP contribution < -0.4 is 5.32 Å². The molecule has 1 rings (SSSR count). The fourth-order valence-corrected chi connectivity index (χ4v) is 2.01. The summed E-state index contributed by atoms with van der Waals surface area (Å²) in [6.45, 7) is 6.37. The van der Waals surface area contributed by atoms with Gasteiger partial charge in [-0.15, -0.1) is 0 Å². The summed E-state index contributed by atoms with van der Waals surface area (Å²) in [7, 11) is 5.86. The van der Waals surface area contributed by atoms with Crippen LogP contribution >= 0.6 is 0 Å². The van der Waals surface area contributed by atoms with Crippen LogP contribution in [-0.2, 0) is 0 Å². The fourth-order valence-electron chi connectivity index (χ4n) is 2.01. The van der Waals surface area contributed by atoms with Gasteiger partial charge in [0.2, 0.25) is 0 Å². The quantitative estimate of drug-likeness (QED) is 0.827. The summed E-state index contributed by atoms with van der Waals surface area (Å²) >= 11 is 0. The molecule has 20 heavy (non-hydrogen) atoms. The summed E-state index contributed by atoms with van der Waals surface area (Å²) in [6.07, 6.45) is 2.62. The van der Waals surface area contributed by atoms with Crippen molar-refractivity contribution in [1.29, 1.82) is 0 Å². The van der Waals surface area contributed by atoms with E-state index in [4.69, 9.17) is 0 Å². The summed E-state index contributed by atoms with van der Waals surface area (Å²) < 4.78 is 0. The number of nitrogens with one attached hydrogen (secondary N) is 1. The van der Waals surface area contributed by atoms with E-state index in [0.717, 1.165) is 37.4 Å².